The van der Waals surface area contributed by atoms with Crippen LogP contribution in [0.5, 0.6) is 5.75 Å². The molecule has 1 aliphatic rings. The third-order valence-electron chi connectivity index (χ3n) is 3.76. The van der Waals surface area contributed by atoms with Crippen molar-refractivity contribution >= 4 is 12.1 Å². The van der Waals surface area contributed by atoms with E-state index in [1.807, 2.05) is 0 Å². The van der Waals surface area contributed by atoms with Crippen molar-refractivity contribution in [2.75, 3.05) is 26.4 Å². The third-order valence-corrected chi connectivity index (χ3v) is 3.76. The summed E-state index contributed by atoms with van der Waals surface area (Å²) in [5.41, 5.74) is 0.535. The maximum Gasteiger partial charge on any atom is 0.513 e. The van der Waals surface area contributed by atoms with E-state index in [1.54, 1.807) is 31.2 Å². The predicted octanol–water partition coefficient (Wildman–Crippen LogP) is 2.77. The van der Waals surface area contributed by atoms with E-state index in [2.05, 4.69) is 10.1 Å². The highest BCUT2D eigenvalue weighted by atomic mass is 16.7. The van der Waals surface area contributed by atoms with Crippen LogP contribution >= 0.6 is 0 Å². The Balaban J connectivity index is 1.74. The minimum absolute atomic E-state index is 0.125. The van der Waals surface area contributed by atoms with Crippen LogP contribution in [0.15, 0.2) is 24.3 Å². The van der Waals surface area contributed by atoms with Crippen molar-refractivity contribution in [1.82, 2.24) is 5.32 Å². The number of ether oxygens (including phenoxy) is 3. The Hall–Kier alpha value is -2.08. The van der Waals surface area contributed by atoms with Gasteiger partial charge in [0.05, 0.1) is 6.61 Å². The molecular weight excluding hydrogens is 298 g/mol. The largest absolute Gasteiger partial charge is 0.513 e. The lowest BCUT2D eigenvalue weighted by Crippen LogP contribution is -2.27. The van der Waals surface area contributed by atoms with Gasteiger partial charge in [0.1, 0.15) is 5.75 Å². The molecule has 1 aliphatic heterocycles. The van der Waals surface area contributed by atoms with E-state index in [0.717, 1.165) is 32.5 Å². The van der Waals surface area contributed by atoms with Crippen molar-refractivity contribution < 1.29 is 23.8 Å². The summed E-state index contributed by atoms with van der Waals surface area (Å²) in [6, 6.07) is 6.39. The highest BCUT2D eigenvalue weighted by Gasteiger charge is 2.14. The summed E-state index contributed by atoms with van der Waals surface area (Å²) >= 11 is 0. The van der Waals surface area contributed by atoms with Gasteiger partial charge in [0.2, 0.25) is 0 Å². The lowest BCUT2D eigenvalue weighted by molar-refractivity contribution is 0.0636. The molecule has 0 aliphatic carbocycles. The third kappa shape index (κ3) is 5.90. The average Bonchev–Trinajstić information content (AvgIpc) is 2.56. The van der Waals surface area contributed by atoms with Gasteiger partial charge in [0, 0.05) is 25.3 Å². The van der Waals surface area contributed by atoms with Gasteiger partial charge in [-0.05, 0) is 56.4 Å². The predicted molar refractivity (Wildman–Crippen MR) is 84.6 cm³/mol. The molecular formula is C17H23NO5. The van der Waals surface area contributed by atoms with Crippen molar-refractivity contribution in [2.24, 2.45) is 5.92 Å². The van der Waals surface area contributed by atoms with Crippen LogP contribution in [0.1, 0.15) is 36.5 Å². The molecule has 1 saturated heterocycles. The molecule has 0 atom stereocenters. The van der Waals surface area contributed by atoms with Crippen molar-refractivity contribution in [3.05, 3.63) is 29.8 Å². The maximum absolute atomic E-state index is 12.1. The van der Waals surface area contributed by atoms with Gasteiger partial charge in [-0.1, -0.05) is 0 Å². The fourth-order valence-corrected chi connectivity index (χ4v) is 2.44. The molecule has 0 aromatic heterocycles. The van der Waals surface area contributed by atoms with Crippen molar-refractivity contribution in [3.63, 3.8) is 0 Å². The van der Waals surface area contributed by atoms with Gasteiger partial charge in [0.25, 0.3) is 5.91 Å². The number of carbonyl (C=O) groups is 2. The zero-order chi connectivity index (χ0) is 16.5. The zero-order valence-corrected chi connectivity index (χ0v) is 13.4. The zero-order valence-electron chi connectivity index (χ0n) is 13.4. The monoisotopic (exact) mass is 321 g/mol. The van der Waals surface area contributed by atoms with Crippen LogP contribution in [0, 0.1) is 5.92 Å². The van der Waals surface area contributed by atoms with Crippen LogP contribution in [0.3, 0.4) is 0 Å². The van der Waals surface area contributed by atoms with E-state index in [1.165, 1.54) is 0 Å². The maximum atomic E-state index is 12.1. The SMILES string of the molecule is CCOC(=O)Oc1ccc(C(=O)NCCC2CCOCC2)cc1. The molecule has 1 aromatic carbocycles. The molecule has 6 heteroatoms. The molecule has 0 radical (unpaired) electrons. The molecule has 0 saturated carbocycles. The Labute approximate surface area is 136 Å². The van der Waals surface area contributed by atoms with Gasteiger partial charge in [-0.15, -0.1) is 0 Å². The number of hydrogen-bond donors (Lipinski definition) is 1. The normalized spacial score (nSPS) is 15.0. The molecule has 6 nitrogen and oxygen atoms in total. The van der Waals surface area contributed by atoms with E-state index in [9.17, 15) is 9.59 Å². The number of amides is 1. The molecule has 0 spiro atoms. The molecule has 23 heavy (non-hydrogen) atoms. The molecule has 0 unspecified atom stereocenters. The Morgan fingerprint density at radius 2 is 1.91 bits per heavy atom. The summed E-state index contributed by atoms with van der Waals surface area (Å²) in [5, 5.41) is 2.91. The van der Waals surface area contributed by atoms with Gasteiger partial charge in [0.15, 0.2) is 0 Å². The highest BCUT2D eigenvalue weighted by molar-refractivity contribution is 5.94. The first kappa shape index (κ1) is 17.3. The fourth-order valence-electron chi connectivity index (χ4n) is 2.44. The van der Waals surface area contributed by atoms with Gasteiger partial charge in [-0.25, -0.2) is 4.79 Å². The topological polar surface area (TPSA) is 73.9 Å². The second-order valence-electron chi connectivity index (χ2n) is 5.41. The molecule has 2 rings (SSSR count). The molecule has 1 heterocycles. The molecule has 1 amide bonds. The van der Waals surface area contributed by atoms with Gasteiger partial charge in [-0.3, -0.25) is 4.79 Å². The smallest absolute Gasteiger partial charge is 0.434 e. The van der Waals surface area contributed by atoms with E-state index < -0.39 is 6.16 Å². The molecule has 1 aromatic rings. The molecule has 126 valence electrons. The first-order chi connectivity index (χ1) is 11.2. The number of carbonyl (C=O) groups excluding carboxylic acids is 2. The van der Waals surface area contributed by atoms with Crippen LogP contribution in [-0.2, 0) is 9.47 Å². The Morgan fingerprint density at radius 3 is 2.57 bits per heavy atom. The fraction of sp³-hybridized carbons (Fsp3) is 0.529. The van der Waals surface area contributed by atoms with Gasteiger partial charge < -0.3 is 19.5 Å². The number of nitrogens with one attached hydrogen (secondary N) is 1. The Bertz CT molecular complexity index is 508. The Kier molecular flexibility index (Phi) is 6.87. The number of benzene rings is 1. The van der Waals surface area contributed by atoms with E-state index in [4.69, 9.17) is 9.47 Å². The number of rotatable bonds is 6. The first-order valence-corrected chi connectivity index (χ1v) is 7.99. The van der Waals surface area contributed by atoms with Crippen molar-refractivity contribution in [2.45, 2.75) is 26.2 Å². The summed E-state index contributed by atoms with van der Waals surface area (Å²) < 4.78 is 14.9. The quantitative estimate of drug-likeness (QED) is 0.644. The Morgan fingerprint density at radius 1 is 1.22 bits per heavy atom. The minimum Gasteiger partial charge on any atom is -0.434 e. The lowest BCUT2D eigenvalue weighted by atomic mass is 9.97. The molecule has 1 N–H and O–H groups in total. The second kappa shape index (κ2) is 9.15. The second-order valence-corrected chi connectivity index (χ2v) is 5.41. The first-order valence-electron chi connectivity index (χ1n) is 7.99. The van der Waals surface area contributed by atoms with Crippen LogP contribution in [0.25, 0.3) is 0 Å². The number of hydrogen-bond acceptors (Lipinski definition) is 5. The van der Waals surface area contributed by atoms with Crippen LogP contribution in [0.2, 0.25) is 0 Å². The summed E-state index contributed by atoms with van der Waals surface area (Å²) in [6.07, 6.45) is 2.35. The lowest BCUT2D eigenvalue weighted by Gasteiger charge is -2.21. The molecule has 1 fully saturated rings. The van der Waals surface area contributed by atoms with E-state index in [-0.39, 0.29) is 12.5 Å². The standard InChI is InChI=1S/C17H23NO5/c1-2-22-17(20)23-15-5-3-14(4-6-15)16(19)18-10-7-13-8-11-21-12-9-13/h3-6,13H,2,7-12H2,1H3,(H,18,19). The highest BCUT2D eigenvalue weighted by Crippen LogP contribution is 2.18. The van der Waals surface area contributed by atoms with Gasteiger partial charge >= 0.3 is 6.16 Å². The summed E-state index contributed by atoms with van der Waals surface area (Å²) in [6.45, 7) is 4.26. The summed E-state index contributed by atoms with van der Waals surface area (Å²) in [7, 11) is 0. The average molecular weight is 321 g/mol. The van der Waals surface area contributed by atoms with Crippen LogP contribution < -0.4 is 10.1 Å². The minimum atomic E-state index is -0.749. The summed E-state index contributed by atoms with van der Waals surface area (Å²) in [5.74, 6) is 0.853. The van der Waals surface area contributed by atoms with E-state index in [0.29, 0.717) is 23.8 Å². The van der Waals surface area contributed by atoms with Crippen LogP contribution in [0.4, 0.5) is 4.79 Å². The van der Waals surface area contributed by atoms with Crippen molar-refractivity contribution in [1.29, 1.82) is 0 Å². The summed E-state index contributed by atoms with van der Waals surface area (Å²) in [4.78, 5) is 23.2. The van der Waals surface area contributed by atoms with Gasteiger partial charge in [-0.2, -0.15) is 0 Å². The van der Waals surface area contributed by atoms with E-state index >= 15 is 0 Å². The van der Waals surface area contributed by atoms with Crippen molar-refractivity contribution in [3.8, 4) is 5.75 Å². The molecule has 0 bridgehead atoms. The van der Waals surface area contributed by atoms with Crippen LogP contribution in [-0.4, -0.2) is 38.4 Å².